The Bertz CT molecular complexity index is 346. The van der Waals surface area contributed by atoms with Crippen LogP contribution in [0.4, 0.5) is 0 Å². The molecular weight excluding hydrogens is 260 g/mol. The van der Waals surface area contributed by atoms with Crippen LogP contribution in [-0.4, -0.2) is 35.4 Å². The average molecular weight is 284 g/mol. The predicted molar refractivity (Wildman–Crippen MR) is 76.3 cm³/mol. The Morgan fingerprint density at radius 1 is 0.900 bits per heavy atom. The zero-order valence-electron chi connectivity index (χ0n) is 11.9. The van der Waals surface area contributed by atoms with Crippen molar-refractivity contribution in [1.82, 2.24) is 0 Å². The van der Waals surface area contributed by atoms with Crippen molar-refractivity contribution in [2.75, 3.05) is 13.2 Å². The highest BCUT2D eigenvalue weighted by Crippen LogP contribution is 2.10. The quantitative estimate of drug-likeness (QED) is 0.327. The molecule has 0 aliphatic heterocycles. The fourth-order valence-electron chi connectivity index (χ4n) is 1.54. The Morgan fingerprint density at radius 3 is 2.10 bits per heavy atom. The summed E-state index contributed by atoms with van der Waals surface area (Å²) in [4.78, 5) is 22.0. The van der Waals surface area contributed by atoms with Crippen LogP contribution in [0, 0.1) is 0 Å². The Morgan fingerprint density at radius 2 is 1.50 bits per heavy atom. The first-order valence-electron chi connectivity index (χ1n) is 6.86. The molecule has 5 heteroatoms. The van der Waals surface area contributed by atoms with E-state index in [1.807, 2.05) is 0 Å². The van der Waals surface area contributed by atoms with Gasteiger partial charge in [-0.2, -0.15) is 0 Å². The molecule has 0 amide bonds. The van der Waals surface area contributed by atoms with Crippen LogP contribution in [0.3, 0.4) is 0 Å². The van der Waals surface area contributed by atoms with E-state index in [4.69, 9.17) is 14.9 Å². The second-order valence-corrected chi connectivity index (χ2v) is 4.64. The van der Waals surface area contributed by atoms with Gasteiger partial charge in [-0.3, -0.25) is 0 Å². The lowest BCUT2D eigenvalue weighted by Crippen LogP contribution is -2.08. The molecule has 0 aliphatic carbocycles. The van der Waals surface area contributed by atoms with Crippen LogP contribution in [0.1, 0.15) is 44.9 Å². The number of aliphatic hydroxyl groups is 1. The molecule has 0 aliphatic rings. The SMILES string of the molecule is C=C(CCCCOC(=O)C(=C)CCCCCO)C(=O)O. The Hall–Kier alpha value is -1.62. The van der Waals surface area contributed by atoms with Crippen LogP contribution in [0.2, 0.25) is 0 Å². The van der Waals surface area contributed by atoms with Crippen LogP contribution >= 0.6 is 0 Å². The Balaban J connectivity index is 3.59. The summed E-state index contributed by atoms with van der Waals surface area (Å²) in [6.07, 6.45) is 4.61. The standard InChI is InChI=1S/C15H24O5/c1-12(14(17)18)8-5-7-11-20-15(19)13(2)9-4-3-6-10-16/h16H,1-11H2,(H,17,18). The minimum Gasteiger partial charge on any atom is -0.478 e. The highest BCUT2D eigenvalue weighted by atomic mass is 16.5. The van der Waals surface area contributed by atoms with Crippen molar-refractivity contribution >= 4 is 11.9 Å². The molecule has 0 atom stereocenters. The Kier molecular flexibility index (Phi) is 10.3. The van der Waals surface area contributed by atoms with Gasteiger partial charge in [-0.15, -0.1) is 0 Å². The van der Waals surface area contributed by atoms with E-state index in [0.29, 0.717) is 31.3 Å². The molecule has 0 spiro atoms. The first kappa shape index (κ1) is 18.4. The van der Waals surface area contributed by atoms with Crippen LogP contribution < -0.4 is 0 Å². The number of ether oxygens (including phenoxy) is 1. The molecule has 20 heavy (non-hydrogen) atoms. The van der Waals surface area contributed by atoms with Crippen molar-refractivity contribution in [2.45, 2.75) is 44.9 Å². The monoisotopic (exact) mass is 284 g/mol. The van der Waals surface area contributed by atoms with Crippen molar-refractivity contribution in [3.05, 3.63) is 24.3 Å². The normalized spacial score (nSPS) is 10.1. The summed E-state index contributed by atoms with van der Waals surface area (Å²) in [6, 6.07) is 0. The topological polar surface area (TPSA) is 83.8 Å². The molecular formula is C15H24O5. The average Bonchev–Trinajstić information content (AvgIpc) is 2.42. The predicted octanol–water partition coefficient (Wildman–Crippen LogP) is 2.45. The molecule has 5 nitrogen and oxygen atoms in total. The van der Waals surface area contributed by atoms with Crippen molar-refractivity contribution in [2.24, 2.45) is 0 Å². The molecule has 0 aromatic rings. The summed E-state index contributed by atoms with van der Waals surface area (Å²) in [7, 11) is 0. The maximum absolute atomic E-state index is 11.5. The van der Waals surface area contributed by atoms with Crippen LogP contribution in [-0.2, 0) is 14.3 Å². The number of carbonyl (C=O) groups is 2. The first-order chi connectivity index (χ1) is 9.49. The minimum atomic E-state index is -0.988. The van der Waals surface area contributed by atoms with Gasteiger partial charge < -0.3 is 14.9 Å². The lowest BCUT2D eigenvalue weighted by Gasteiger charge is -2.07. The summed E-state index contributed by atoms with van der Waals surface area (Å²) < 4.78 is 5.04. The second kappa shape index (κ2) is 11.2. The third-order valence-electron chi connectivity index (χ3n) is 2.83. The van der Waals surface area contributed by atoms with Gasteiger partial charge in [-0.05, 0) is 38.5 Å². The van der Waals surface area contributed by atoms with Crippen LogP contribution in [0.15, 0.2) is 24.3 Å². The number of aliphatic hydroxyl groups excluding tert-OH is 1. The third kappa shape index (κ3) is 9.33. The zero-order valence-corrected chi connectivity index (χ0v) is 11.9. The summed E-state index contributed by atoms with van der Waals surface area (Å²) >= 11 is 0. The highest BCUT2D eigenvalue weighted by molar-refractivity contribution is 5.87. The maximum atomic E-state index is 11.5. The lowest BCUT2D eigenvalue weighted by atomic mass is 10.1. The number of carboxylic acids is 1. The number of aliphatic carboxylic acids is 1. The number of hydrogen-bond donors (Lipinski definition) is 2. The van der Waals surface area contributed by atoms with E-state index in [1.54, 1.807) is 0 Å². The lowest BCUT2D eigenvalue weighted by molar-refractivity contribution is -0.139. The van der Waals surface area contributed by atoms with Gasteiger partial charge in [-0.1, -0.05) is 19.6 Å². The van der Waals surface area contributed by atoms with Crippen molar-refractivity contribution in [1.29, 1.82) is 0 Å². The minimum absolute atomic E-state index is 0.165. The molecule has 0 saturated heterocycles. The van der Waals surface area contributed by atoms with Gasteiger partial charge in [0.1, 0.15) is 0 Å². The number of hydrogen-bond acceptors (Lipinski definition) is 4. The molecule has 0 unspecified atom stereocenters. The van der Waals surface area contributed by atoms with Gasteiger partial charge in [0, 0.05) is 17.8 Å². The summed E-state index contributed by atoms with van der Waals surface area (Å²) in [6.45, 7) is 7.53. The van der Waals surface area contributed by atoms with Crippen LogP contribution in [0.5, 0.6) is 0 Å². The van der Waals surface area contributed by atoms with E-state index in [1.165, 1.54) is 0 Å². The van der Waals surface area contributed by atoms with E-state index in [2.05, 4.69) is 13.2 Å². The van der Waals surface area contributed by atoms with Gasteiger partial charge in [0.15, 0.2) is 0 Å². The third-order valence-corrected chi connectivity index (χ3v) is 2.83. The summed E-state index contributed by atoms with van der Waals surface area (Å²) in [5, 5.41) is 17.2. The molecule has 2 N–H and O–H groups in total. The maximum Gasteiger partial charge on any atom is 0.333 e. The van der Waals surface area contributed by atoms with E-state index < -0.39 is 11.9 Å². The second-order valence-electron chi connectivity index (χ2n) is 4.64. The fourth-order valence-corrected chi connectivity index (χ4v) is 1.54. The number of carboxylic acid groups (broad SMARTS) is 1. The van der Waals surface area contributed by atoms with Crippen LogP contribution in [0.25, 0.3) is 0 Å². The van der Waals surface area contributed by atoms with Crippen molar-refractivity contribution in [3.8, 4) is 0 Å². The first-order valence-corrected chi connectivity index (χ1v) is 6.86. The number of unbranched alkanes of at least 4 members (excludes halogenated alkanes) is 3. The van der Waals surface area contributed by atoms with E-state index in [9.17, 15) is 9.59 Å². The zero-order chi connectivity index (χ0) is 15.4. The molecule has 0 aromatic heterocycles. The van der Waals surface area contributed by atoms with Crippen molar-refractivity contribution < 1.29 is 24.5 Å². The van der Waals surface area contributed by atoms with Gasteiger partial charge in [0.05, 0.1) is 6.61 Å². The van der Waals surface area contributed by atoms with Crippen molar-refractivity contribution in [3.63, 3.8) is 0 Å². The fraction of sp³-hybridized carbons (Fsp3) is 0.600. The van der Waals surface area contributed by atoms with Gasteiger partial charge in [-0.25, -0.2) is 9.59 Å². The van der Waals surface area contributed by atoms with E-state index in [0.717, 1.165) is 19.3 Å². The molecule has 0 rings (SSSR count). The molecule has 0 saturated carbocycles. The molecule has 0 aromatic carbocycles. The smallest absolute Gasteiger partial charge is 0.333 e. The van der Waals surface area contributed by atoms with E-state index in [-0.39, 0.29) is 18.8 Å². The van der Waals surface area contributed by atoms with Gasteiger partial charge in [0.25, 0.3) is 0 Å². The molecule has 0 bridgehead atoms. The molecule has 0 heterocycles. The molecule has 0 radical (unpaired) electrons. The number of esters is 1. The summed E-state index contributed by atoms with van der Waals surface area (Å²) in [5.74, 6) is -1.38. The number of rotatable bonds is 12. The molecule has 0 fully saturated rings. The summed E-state index contributed by atoms with van der Waals surface area (Å²) in [5.41, 5.74) is 0.613. The largest absolute Gasteiger partial charge is 0.478 e. The van der Waals surface area contributed by atoms with Gasteiger partial charge >= 0.3 is 11.9 Å². The van der Waals surface area contributed by atoms with Gasteiger partial charge in [0.2, 0.25) is 0 Å². The number of carbonyl (C=O) groups excluding carboxylic acids is 1. The molecule has 114 valence electrons. The Labute approximate surface area is 119 Å². The van der Waals surface area contributed by atoms with E-state index >= 15 is 0 Å². The highest BCUT2D eigenvalue weighted by Gasteiger charge is 2.08.